The fourth-order valence-electron chi connectivity index (χ4n) is 1.15. The Balaban J connectivity index is 3.02. The number of nitrogens with two attached hydrogens (primary N) is 1. The van der Waals surface area contributed by atoms with E-state index in [9.17, 15) is 19.7 Å². The zero-order valence-electron chi connectivity index (χ0n) is 8.54. The van der Waals surface area contributed by atoms with Crippen molar-refractivity contribution in [2.75, 3.05) is 12.3 Å². The third-order valence-electron chi connectivity index (χ3n) is 1.86. The number of anilines is 1. The van der Waals surface area contributed by atoms with Crippen molar-refractivity contribution in [3.05, 3.63) is 33.9 Å². The van der Waals surface area contributed by atoms with Crippen molar-refractivity contribution in [2.24, 2.45) is 0 Å². The molecule has 0 saturated heterocycles. The average molecular weight is 239 g/mol. The summed E-state index contributed by atoms with van der Waals surface area (Å²) in [5.41, 5.74) is 4.88. The normalized spacial score (nSPS) is 9.65. The molecule has 0 aliphatic carbocycles. The predicted molar refractivity (Wildman–Crippen MR) is 57.5 cm³/mol. The average Bonchev–Trinajstić information content (AvgIpc) is 2.25. The van der Waals surface area contributed by atoms with Crippen LogP contribution < -0.4 is 11.1 Å². The van der Waals surface area contributed by atoms with E-state index in [1.807, 2.05) is 5.32 Å². The van der Waals surface area contributed by atoms with Crippen LogP contribution in [0.5, 0.6) is 0 Å². The van der Waals surface area contributed by atoms with Crippen LogP contribution in [0, 0.1) is 10.1 Å². The molecular weight excluding hydrogens is 230 g/mol. The van der Waals surface area contributed by atoms with Crippen LogP contribution in [-0.2, 0) is 4.79 Å². The third kappa shape index (κ3) is 3.16. The molecule has 1 aromatic carbocycles. The number of aliphatic carboxylic acids is 1. The molecule has 0 bridgehead atoms. The predicted octanol–water partition coefficient (Wildman–Crippen LogP) is -0.00860. The highest BCUT2D eigenvalue weighted by Crippen LogP contribution is 2.20. The highest BCUT2D eigenvalue weighted by molar-refractivity contribution is 6.00. The first kappa shape index (κ1) is 12.4. The van der Waals surface area contributed by atoms with Gasteiger partial charge in [0.25, 0.3) is 11.6 Å². The number of hydrogen-bond donors (Lipinski definition) is 3. The molecular formula is C9H9N3O5. The second-order valence-corrected chi connectivity index (χ2v) is 3.11. The van der Waals surface area contributed by atoms with E-state index >= 15 is 0 Å². The van der Waals surface area contributed by atoms with Gasteiger partial charge in [0.05, 0.1) is 4.92 Å². The van der Waals surface area contributed by atoms with E-state index in [1.165, 1.54) is 6.07 Å². The van der Waals surface area contributed by atoms with Gasteiger partial charge < -0.3 is 16.2 Å². The van der Waals surface area contributed by atoms with Gasteiger partial charge in [-0.15, -0.1) is 0 Å². The highest BCUT2D eigenvalue weighted by Gasteiger charge is 2.20. The first-order valence-corrected chi connectivity index (χ1v) is 4.45. The molecule has 0 aliphatic rings. The molecule has 17 heavy (non-hydrogen) atoms. The molecule has 1 rings (SSSR count). The second-order valence-electron chi connectivity index (χ2n) is 3.11. The molecule has 0 atom stereocenters. The van der Waals surface area contributed by atoms with Crippen molar-refractivity contribution in [1.29, 1.82) is 0 Å². The van der Waals surface area contributed by atoms with Crippen LogP contribution in [-0.4, -0.2) is 28.5 Å². The fraction of sp³-hybridized carbons (Fsp3) is 0.111. The molecule has 0 fully saturated rings. The van der Waals surface area contributed by atoms with Crippen LogP contribution in [0.1, 0.15) is 10.4 Å². The first-order valence-electron chi connectivity index (χ1n) is 4.45. The molecule has 0 spiro atoms. The smallest absolute Gasteiger partial charge is 0.322 e. The Hall–Kier alpha value is -2.64. The van der Waals surface area contributed by atoms with E-state index in [4.69, 9.17) is 10.8 Å². The van der Waals surface area contributed by atoms with Gasteiger partial charge in [-0.2, -0.15) is 0 Å². The number of carbonyl (C=O) groups excluding carboxylic acids is 1. The van der Waals surface area contributed by atoms with Gasteiger partial charge in [-0.25, -0.2) is 0 Å². The molecule has 0 aromatic heterocycles. The quantitative estimate of drug-likeness (QED) is 0.384. The maximum absolute atomic E-state index is 11.5. The van der Waals surface area contributed by atoms with Crippen molar-refractivity contribution >= 4 is 23.3 Å². The standard InChI is InChI=1S/C9H9N3O5/c10-5-1-2-7(12(16)17)6(3-5)9(15)11-4-8(13)14/h1-3H,4,10H2,(H,11,15)(H,13,14). The number of carboxylic acids is 1. The third-order valence-corrected chi connectivity index (χ3v) is 1.86. The lowest BCUT2D eigenvalue weighted by atomic mass is 10.1. The monoisotopic (exact) mass is 239 g/mol. The summed E-state index contributed by atoms with van der Waals surface area (Å²) in [5.74, 6) is -2.10. The largest absolute Gasteiger partial charge is 0.480 e. The number of nitrogens with one attached hydrogen (secondary N) is 1. The second kappa shape index (κ2) is 4.92. The lowest BCUT2D eigenvalue weighted by Gasteiger charge is -2.04. The number of nitrogens with zero attached hydrogens (tertiary/aromatic N) is 1. The highest BCUT2D eigenvalue weighted by atomic mass is 16.6. The summed E-state index contributed by atoms with van der Waals surface area (Å²) in [4.78, 5) is 31.6. The summed E-state index contributed by atoms with van der Waals surface area (Å²) in [5, 5.41) is 21.0. The summed E-state index contributed by atoms with van der Waals surface area (Å²) < 4.78 is 0. The van der Waals surface area contributed by atoms with Gasteiger partial charge in [0.1, 0.15) is 12.1 Å². The van der Waals surface area contributed by atoms with E-state index in [1.54, 1.807) is 0 Å². The molecule has 0 unspecified atom stereocenters. The van der Waals surface area contributed by atoms with Crippen LogP contribution >= 0.6 is 0 Å². The van der Waals surface area contributed by atoms with Gasteiger partial charge in [0, 0.05) is 11.8 Å². The number of benzene rings is 1. The van der Waals surface area contributed by atoms with Crippen LogP contribution in [0.15, 0.2) is 18.2 Å². The number of nitrogen functional groups attached to an aromatic ring is 1. The molecule has 90 valence electrons. The molecule has 0 radical (unpaired) electrons. The molecule has 0 aliphatic heterocycles. The maximum atomic E-state index is 11.5. The number of carboxylic acid groups (broad SMARTS) is 1. The molecule has 8 heteroatoms. The lowest BCUT2D eigenvalue weighted by Crippen LogP contribution is -2.29. The van der Waals surface area contributed by atoms with E-state index < -0.39 is 29.0 Å². The van der Waals surface area contributed by atoms with E-state index in [0.29, 0.717) is 0 Å². The minimum Gasteiger partial charge on any atom is -0.480 e. The van der Waals surface area contributed by atoms with Gasteiger partial charge in [0.15, 0.2) is 0 Å². The van der Waals surface area contributed by atoms with E-state index in [2.05, 4.69) is 0 Å². The maximum Gasteiger partial charge on any atom is 0.322 e. The van der Waals surface area contributed by atoms with Gasteiger partial charge in [0.2, 0.25) is 0 Å². The molecule has 0 saturated carbocycles. The Kier molecular flexibility index (Phi) is 3.60. The van der Waals surface area contributed by atoms with Gasteiger partial charge in [-0.1, -0.05) is 0 Å². The zero-order chi connectivity index (χ0) is 13.0. The number of carbonyl (C=O) groups is 2. The Labute approximate surface area is 95.2 Å². The Morgan fingerprint density at radius 3 is 2.65 bits per heavy atom. The Morgan fingerprint density at radius 2 is 2.12 bits per heavy atom. The fourth-order valence-corrected chi connectivity index (χ4v) is 1.15. The number of hydrogen-bond acceptors (Lipinski definition) is 5. The summed E-state index contributed by atoms with van der Waals surface area (Å²) in [7, 11) is 0. The van der Waals surface area contributed by atoms with Gasteiger partial charge in [-0.05, 0) is 12.1 Å². The van der Waals surface area contributed by atoms with Crippen LogP contribution in [0.3, 0.4) is 0 Å². The van der Waals surface area contributed by atoms with Crippen LogP contribution in [0.4, 0.5) is 11.4 Å². The molecule has 4 N–H and O–H groups in total. The number of nitro groups is 1. The summed E-state index contributed by atoms with van der Waals surface area (Å²) in [6, 6.07) is 3.49. The topological polar surface area (TPSA) is 136 Å². The number of nitro benzene ring substituents is 1. The number of amides is 1. The summed E-state index contributed by atoms with van der Waals surface area (Å²) in [6.45, 7) is -0.620. The van der Waals surface area contributed by atoms with E-state index in [0.717, 1.165) is 12.1 Å². The van der Waals surface area contributed by atoms with Gasteiger partial charge >= 0.3 is 5.97 Å². The van der Waals surface area contributed by atoms with Crippen LogP contribution in [0.25, 0.3) is 0 Å². The molecule has 8 nitrogen and oxygen atoms in total. The molecule has 1 aromatic rings. The summed E-state index contributed by atoms with van der Waals surface area (Å²) in [6.07, 6.45) is 0. The minimum atomic E-state index is -1.25. The SMILES string of the molecule is Nc1ccc([N+](=O)[O-])c(C(=O)NCC(=O)O)c1. The van der Waals surface area contributed by atoms with Gasteiger partial charge in [-0.3, -0.25) is 19.7 Å². The Morgan fingerprint density at radius 1 is 1.47 bits per heavy atom. The zero-order valence-corrected chi connectivity index (χ0v) is 8.54. The van der Waals surface area contributed by atoms with Crippen molar-refractivity contribution in [2.45, 2.75) is 0 Å². The van der Waals surface area contributed by atoms with Crippen LogP contribution in [0.2, 0.25) is 0 Å². The molecule has 0 heterocycles. The van der Waals surface area contributed by atoms with E-state index in [-0.39, 0.29) is 11.3 Å². The number of rotatable bonds is 4. The van der Waals surface area contributed by atoms with Crippen molar-refractivity contribution in [3.8, 4) is 0 Å². The van der Waals surface area contributed by atoms with Crippen molar-refractivity contribution in [1.82, 2.24) is 5.32 Å². The minimum absolute atomic E-state index is 0.177. The first-order chi connectivity index (χ1) is 7.91. The lowest BCUT2D eigenvalue weighted by molar-refractivity contribution is -0.385. The summed E-state index contributed by atoms with van der Waals surface area (Å²) >= 11 is 0. The molecule has 1 amide bonds. The Bertz CT molecular complexity index is 486. The van der Waals surface area contributed by atoms with Crippen molar-refractivity contribution < 1.29 is 19.6 Å². The van der Waals surface area contributed by atoms with Crippen molar-refractivity contribution in [3.63, 3.8) is 0 Å².